The van der Waals surface area contributed by atoms with Gasteiger partial charge in [-0.3, -0.25) is 0 Å². The molecule has 0 spiro atoms. The first kappa shape index (κ1) is 13.9. The lowest BCUT2D eigenvalue weighted by Gasteiger charge is -2.21. The van der Waals surface area contributed by atoms with Crippen molar-refractivity contribution < 1.29 is 4.74 Å². The van der Waals surface area contributed by atoms with E-state index in [0.29, 0.717) is 12.0 Å². The van der Waals surface area contributed by atoms with Crippen LogP contribution in [0.1, 0.15) is 63.9 Å². The van der Waals surface area contributed by atoms with Crippen molar-refractivity contribution in [3.8, 4) is 5.75 Å². The zero-order valence-corrected chi connectivity index (χ0v) is 13.0. The molecule has 18 heavy (non-hydrogen) atoms. The van der Waals surface area contributed by atoms with Crippen molar-refractivity contribution in [2.24, 2.45) is 0 Å². The van der Waals surface area contributed by atoms with E-state index < -0.39 is 0 Å². The van der Waals surface area contributed by atoms with Crippen LogP contribution in [0, 0.1) is 0 Å². The second kappa shape index (κ2) is 6.60. The van der Waals surface area contributed by atoms with Gasteiger partial charge in [0.15, 0.2) is 0 Å². The monoisotopic (exact) mass is 310 g/mol. The summed E-state index contributed by atoms with van der Waals surface area (Å²) in [7, 11) is 0. The van der Waals surface area contributed by atoms with Gasteiger partial charge >= 0.3 is 0 Å². The Morgan fingerprint density at radius 3 is 2.39 bits per heavy atom. The van der Waals surface area contributed by atoms with Crippen molar-refractivity contribution in [2.75, 3.05) is 0 Å². The zero-order valence-electron chi connectivity index (χ0n) is 11.4. The van der Waals surface area contributed by atoms with Crippen LogP contribution < -0.4 is 4.74 Å². The summed E-state index contributed by atoms with van der Waals surface area (Å²) in [4.78, 5) is 0. The topological polar surface area (TPSA) is 9.23 Å². The Bertz CT molecular complexity index is 379. The van der Waals surface area contributed by atoms with E-state index in [1.165, 1.54) is 44.1 Å². The summed E-state index contributed by atoms with van der Waals surface area (Å²) in [5.74, 6) is 1.59. The molecule has 0 heterocycles. The molecule has 1 aliphatic rings. The first-order valence-corrected chi connectivity index (χ1v) is 7.92. The van der Waals surface area contributed by atoms with Crippen molar-refractivity contribution in [1.29, 1.82) is 0 Å². The van der Waals surface area contributed by atoms with Crippen LogP contribution in [0.5, 0.6) is 5.75 Å². The molecule has 0 bridgehead atoms. The second-order valence-corrected chi connectivity index (χ2v) is 6.48. The molecule has 2 heteroatoms. The highest BCUT2D eigenvalue weighted by molar-refractivity contribution is 9.10. The Morgan fingerprint density at radius 1 is 1.11 bits per heavy atom. The van der Waals surface area contributed by atoms with Crippen molar-refractivity contribution in [1.82, 2.24) is 0 Å². The summed E-state index contributed by atoms with van der Waals surface area (Å²) in [6.45, 7) is 4.45. The summed E-state index contributed by atoms with van der Waals surface area (Å²) in [6.07, 6.45) is 8.23. The molecule has 0 N–H and O–H groups in total. The molecule has 1 aromatic rings. The molecule has 1 fully saturated rings. The molecule has 1 aromatic carbocycles. The summed E-state index contributed by atoms with van der Waals surface area (Å²) in [6, 6.07) is 6.39. The molecule has 0 aliphatic heterocycles. The maximum atomic E-state index is 6.26. The molecule has 0 atom stereocenters. The van der Waals surface area contributed by atoms with Crippen LogP contribution in [-0.4, -0.2) is 6.10 Å². The molecule has 0 amide bonds. The fourth-order valence-corrected chi connectivity index (χ4v) is 3.00. The molecule has 1 saturated carbocycles. The highest BCUT2D eigenvalue weighted by atomic mass is 79.9. The predicted octanol–water partition coefficient (Wildman–Crippen LogP) is 5.67. The van der Waals surface area contributed by atoms with E-state index in [0.717, 1.165) is 10.2 Å². The minimum atomic E-state index is 0.422. The predicted molar refractivity (Wildman–Crippen MR) is 80.3 cm³/mol. The van der Waals surface area contributed by atoms with Crippen molar-refractivity contribution in [3.05, 3.63) is 28.2 Å². The van der Waals surface area contributed by atoms with E-state index in [-0.39, 0.29) is 0 Å². The van der Waals surface area contributed by atoms with Gasteiger partial charge in [-0.2, -0.15) is 0 Å². The molecular formula is C16H23BrO. The van der Waals surface area contributed by atoms with Gasteiger partial charge in [0.05, 0.1) is 6.10 Å². The van der Waals surface area contributed by atoms with Crippen LogP contribution in [0.3, 0.4) is 0 Å². The summed E-state index contributed by atoms with van der Waals surface area (Å²) >= 11 is 3.55. The molecule has 0 radical (unpaired) electrons. The van der Waals surface area contributed by atoms with Gasteiger partial charge in [-0.25, -0.2) is 0 Å². The number of hydrogen-bond donors (Lipinski definition) is 0. The van der Waals surface area contributed by atoms with E-state index in [4.69, 9.17) is 4.74 Å². The van der Waals surface area contributed by atoms with Crippen LogP contribution in [0.15, 0.2) is 22.7 Å². The van der Waals surface area contributed by atoms with Gasteiger partial charge in [-0.05, 0) is 55.4 Å². The summed E-state index contributed by atoms with van der Waals surface area (Å²) in [5, 5.41) is 0. The number of rotatable bonds is 3. The van der Waals surface area contributed by atoms with E-state index in [9.17, 15) is 0 Å². The van der Waals surface area contributed by atoms with Gasteiger partial charge in [0.1, 0.15) is 5.75 Å². The van der Waals surface area contributed by atoms with E-state index in [1.807, 2.05) is 0 Å². The molecule has 1 nitrogen and oxygen atoms in total. The second-order valence-electron chi connectivity index (χ2n) is 5.57. The van der Waals surface area contributed by atoms with Crippen LogP contribution >= 0.6 is 15.9 Å². The standard InChI is InChI=1S/C16H23BrO/c1-12(2)15-11-13(17)9-10-16(15)18-14-7-5-3-4-6-8-14/h9-12,14H,3-8H2,1-2H3. The lowest BCUT2D eigenvalue weighted by Crippen LogP contribution is -2.16. The van der Waals surface area contributed by atoms with Gasteiger partial charge in [0, 0.05) is 4.47 Å². The Kier molecular flexibility index (Phi) is 5.11. The highest BCUT2D eigenvalue weighted by Gasteiger charge is 2.16. The summed E-state index contributed by atoms with van der Waals surface area (Å²) in [5.41, 5.74) is 1.31. The van der Waals surface area contributed by atoms with Crippen molar-refractivity contribution >= 4 is 15.9 Å². The van der Waals surface area contributed by atoms with Crippen LogP contribution in [0.4, 0.5) is 0 Å². The molecule has 2 rings (SSSR count). The third-order valence-electron chi connectivity index (χ3n) is 3.69. The van der Waals surface area contributed by atoms with E-state index in [1.54, 1.807) is 0 Å². The third kappa shape index (κ3) is 3.74. The van der Waals surface area contributed by atoms with Crippen molar-refractivity contribution in [2.45, 2.75) is 64.4 Å². The Morgan fingerprint density at radius 2 is 1.78 bits per heavy atom. The number of halogens is 1. The first-order valence-electron chi connectivity index (χ1n) is 7.13. The van der Waals surface area contributed by atoms with Crippen LogP contribution in [-0.2, 0) is 0 Å². The van der Waals surface area contributed by atoms with Crippen LogP contribution in [0.2, 0.25) is 0 Å². The first-order chi connectivity index (χ1) is 8.66. The maximum absolute atomic E-state index is 6.26. The minimum Gasteiger partial charge on any atom is -0.490 e. The molecular weight excluding hydrogens is 288 g/mol. The highest BCUT2D eigenvalue weighted by Crippen LogP contribution is 2.32. The normalized spacial score (nSPS) is 17.8. The fourth-order valence-electron chi connectivity index (χ4n) is 2.62. The largest absolute Gasteiger partial charge is 0.490 e. The van der Waals surface area contributed by atoms with E-state index in [2.05, 4.69) is 48.0 Å². The maximum Gasteiger partial charge on any atom is 0.123 e. The van der Waals surface area contributed by atoms with Gasteiger partial charge in [-0.1, -0.05) is 42.6 Å². The number of hydrogen-bond acceptors (Lipinski definition) is 1. The average molecular weight is 311 g/mol. The molecule has 1 aliphatic carbocycles. The molecule has 0 unspecified atom stereocenters. The number of benzene rings is 1. The molecule has 100 valence electrons. The Hall–Kier alpha value is -0.500. The lowest BCUT2D eigenvalue weighted by molar-refractivity contribution is 0.181. The third-order valence-corrected chi connectivity index (χ3v) is 4.18. The van der Waals surface area contributed by atoms with Gasteiger partial charge < -0.3 is 4.74 Å². The lowest BCUT2D eigenvalue weighted by atomic mass is 10.0. The van der Waals surface area contributed by atoms with Gasteiger partial charge in [0.2, 0.25) is 0 Å². The quantitative estimate of drug-likeness (QED) is 0.653. The van der Waals surface area contributed by atoms with Crippen molar-refractivity contribution in [3.63, 3.8) is 0 Å². The Labute approximate surface area is 119 Å². The SMILES string of the molecule is CC(C)c1cc(Br)ccc1OC1CCCCCC1. The van der Waals surface area contributed by atoms with Crippen LogP contribution in [0.25, 0.3) is 0 Å². The van der Waals surface area contributed by atoms with Gasteiger partial charge in [0.25, 0.3) is 0 Å². The Balaban J connectivity index is 2.12. The van der Waals surface area contributed by atoms with E-state index >= 15 is 0 Å². The average Bonchev–Trinajstić information content (AvgIpc) is 2.60. The zero-order chi connectivity index (χ0) is 13.0. The smallest absolute Gasteiger partial charge is 0.123 e. The molecule has 0 aromatic heterocycles. The number of ether oxygens (including phenoxy) is 1. The minimum absolute atomic E-state index is 0.422. The summed E-state index contributed by atoms with van der Waals surface area (Å²) < 4.78 is 7.40. The fraction of sp³-hybridized carbons (Fsp3) is 0.625. The van der Waals surface area contributed by atoms with Gasteiger partial charge in [-0.15, -0.1) is 0 Å². The molecule has 0 saturated heterocycles.